The molecule has 2 aromatic rings. The molecule has 0 saturated carbocycles. The Balaban J connectivity index is 2.20. The zero-order valence-electron chi connectivity index (χ0n) is 14.7. The van der Waals surface area contributed by atoms with Crippen LogP contribution in [0.5, 0.6) is 5.75 Å². The molecule has 11 heteroatoms. The van der Waals surface area contributed by atoms with Crippen LogP contribution in [0, 0.1) is 0 Å². The van der Waals surface area contributed by atoms with Gasteiger partial charge in [0.15, 0.2) is 6.10 Å². The molecule has 6 nitrogen and oxygen atoms in total. The molecule has 0 fully saturated rings. The number of halogens is 4. The summed E-state index contributed by atoms with van der Waals surface area (Å²) in [6, 6.07) is 7.76. The van der Waals surface area contributed by atoms with Gasteiger partial charge in [-0.2, -0.15) is 13.2 Å². The lowest BCUT2D eigenvalue weighted by Crippen LogP contribution is -2.33. The highest BCUT2D eigenvalue weighted by Gasteiger charge is 2.33. The van der Waals surface area contributed by atoms with E-state index < -0.39 is 32.9 Å². The first-order chi connectivity index (χ1) is 12.9. The van der Waals surface area contributed by atoms with E-state index in [4.69, 9.17) is 16.3 Å². The van der Waals surface area contributed by atoms with E-state index in [1.54, 1.807) is 0 Å². The number of ether oxygens (including phenoxy) is 1. The lowest BCUT2D eigenvalue weighted by molar-refractivity contribution is -0.137. The molecule has 0 radical (unpaired) electrons. The maximum absolute atomic E-state index is 12.9. The first kappa shape index (κ1) is 21.8. The number of hydrogen-bond donors (Lipinski definition) is 2. The van der Waals surface area contributed by atoms with E-state index in [2.05, 4.69) is 10.0 Å². The Morgan fingerprint density at radius 2 is 1.75 bits per heavy atom. The molecule has 0 heterocycles. The van der Waals surface area contributed by atoms with Crippen LogP contribution in [0.25, 0.3) is 0 Å². The number of amides is 1. The highest BCUT2D eigenvalue weighted by Crippen LogP contribution is 2.36. The van der Waals surface area contributed by atoms with Crippen molar-refractivity contribution in [1.29, 1.82) is 0 Å². The van der Waals surface area contributed by atoms with Crippen LogP contribution in [0.3, 0.4) is 0 Å². The number of carbonyl (C=O) groups excluding carboxylic acids is 1. The molecule has 0 spiro atoms. The smallest absolute Gasteiger partial charge is 0.417 e. The molecule has 28 heavy (non-hydrogen) atoms. The Kier molecular flexibility index (Phi) is 6.45. The normalized spacial score (nSPS) is 12.9. The minimum Gasteiger partial charge on any atom is -0.481 e. The van der Waals surface area contributed by atoms with Crippen LogP contribution in [-0.2, 0) is 21.0 Å². The van der Waals surface area contributed by atoms with E-state index in [1.807, 2.05) is 0 Å². The van der Waals surface area contributed by atoms with Gasteiger partial charge in [0.05, 0.1) is 15.5 Å². The second-order valence-electron chi connectivity index (χ2n) is 5.64. The third-order valence-electron chi connectivity index (χ3n) is 3.59. The summed E-state index contributed by atoms with van der Waals surface area (Å²) >= 11 is 5.52. The Morgan fingerprint density at radius 1 is 1.14 bits per heavy atom. The maximum atomic E-state index is 12.9. The molecule has 1 atom stereocenters. The second kappa shape index (κ2) is 8.27. The molecule has 0 aliphatic rings. The number of rotatable bonds is 6. The lowest BCUT2D eigenvalue weighted by atomic mass is 10.2. The average Bonchev–Trinajstić information content (AvgIpc) is 2.62. The monoisotopic (exact) mass is 436 g/mol. The third kappa shape index (κ3) is 5.29. The van der Waals surface area contributed by atoms with Crippen molar-refractivity contribution >= 4 is 33.2 Å². The molecular formula is C17H16ClF3N2O4S. The van der Waals surface area contributed by atoms with Crippen LogP contribution >= 0.6 is 11.6 Å². The molecule has 152 valence electrons. The Morgan fingerprint density at radius 3 is 2.29 bits per heavy atom. The van der Waals surface area contributed by atoms with Gasteiger partial charge in [0, 0.05) is 12.7 Å². The number of anilines is 1. The summed E-state index contributed by atoms with van der Waals surface area (Å²) in [5.74, 6) is -0.109. The van der Waals surface area contributed by atoms with Crippen LogP contribution in [0.4, 0.5) is 18.9 Å². The predicted molar refractivity (Wildman–Crippen MR) is 97.9 cm³/mol. The van der Waals surface area contributed by atoms with Crippen molar-refractivity contribution in [3.8, 4) is 5.75 Å². The van der Waals surface area contributed by atoms with Crippen molar-refractivity contribution in [3.05, 3.63) is 53.1 Å². The van der Waals surface area contributed by atoms with Gasteiger partial charge in [-0.25, -0.2) is 8.42 Å². The Hall–Kier alpha value is -2.46. The number of nitrogens with one attached hydrogen (secondary N) is 2. The third-order valence-corrected chi connectivity index (χ3v) is 5.31. The number of alkyl halides is 3. The van der Waals surface area contributed by atoms with Crippen molar-refractivity contribution in [2.45, 2.75) is 24.1 Å². The molecule has 0 aliphatic heterocycles. The molecule has 0 aromatic heterocycles. The van der Waals surface area contributed by atoms with E-state index >= 15 is 0 Å². The van der Waals surface area contributed by atoms with Gasteiger partial charge in [0.25, 0.3) is 15.9 Å². The summed E-state index contributed by atoms with van der Waals surface area (Å²) in [6.45, 7) is 1.52. The summed E-state index contributed by atoms with van der Waals surface area (Å²) in [5.41, 5.74) is -1.44. The summed E-state index contributed by atoms with van der Waals surface area (Å²) < 4.78 is 71.0. The molecule has 2 N–H and O–H groups in total. The standard InChI is InChI=1S/C17H16ClF3N2O4S/c1-10(16(24)22-2)27-12-4-6-13(7-5-12)28(25,26)23-11-3-8-15(18)14(9-11)17(19,20)21/h3-10,23H,1-2H3,(H,22,24)/t10-/m0/s1. The van der Waals surface area contributed by atoms with Gasteiger partial charge in [-0.15, -0.1) is 0 Å². The quantitative estimate of drug-likeness (QED) is 0.723. The topological polar surface area (TPSA) is 84.5 Å². The largest absolute Gasteiger partial charge is 0.481 e. The summed E-state index contributed by atoms with van der Waals surface area (Å²) in [7, 11) is -2.70. The van der Waals surface area contributed by atoms with E-state index in [1.165, 1.54) is 38.2 Å². The van der Waals surface area contributed by atoms with Gasteiger partial charge >= 0.3 is 6.18 Å². The van der Waals surface area contributed by atoms with Crippen LogP contribution in [-0.4, -0.2) is 27.5 Å². The molecule has 0 unspecified atom stereocenters. The zero-order chi connectivity index (χ0) is 21.1. The minimum atomic E-state index is -4.72. The molecule has 1 amide bonds. The molecule has 2 aromatic carbocycles. The SMILES string of the molecule is CNC(=O)[C@H](C)Oc1ccc(S(=O)(=O)Nc2ccc(Cl)c(C(F)(F)F)c2)cc1. The molecule has 0 saturated heterocycles. The zero-order valence-corrected chi connectivity index (χ0v) is 16.2. The fourth-order valence-corrected chi connectivity index (χ4v) is 3.45. The van der Waals surface area contributed by atoms with Crippen molar-refractivity contribution in [3.63, 3.8) is 0 Å². The van der Waals surface area contributed by atoms with E-state index in [-0.39, 0.29) is 22.2 Å². The van der Waals surface area contributed by atoms with Crippen molar-refractivity contribution in [2.24, 2.45) is 0 Å². The van der Waals surface area contributed by atoms with Gasteiger partial charge in [-0.1, -0.05) is 11.6 Å². The van der Waals surface area contributed by atoms with Crippen LogP contribution in [0.2, 0.25) is 5.02 Å². The molecular weight excluding hydrogens is 421 g/mol. The van der Waals surface area contributed by atoms with Gasteiger partial charge in [-0.3, -0.25) is 9.52 Å². The predicted octanol–water partition coefficient (Wildman–Crippen LogP) is 3.67. The van der Waals surface area contributed by atoms with Crippen LogP contribution in [0.1, 0.15) is 12.5 Å². The Labute approximate surface area is 164 Å². The highest BCUT2D eigenvalue weighted by molar-refractivity contribution is 7.92. The van der Waals surface area contributed by atoms with E-state index in [0.717, 1.165) is 12.1 Å². The summed E-state index contributed by atoms with van der Waals surface area (Å²) in [6.07, 6.45) is -5.51. The Bertz CT molecular complexity index is 963. The van der Waals surface area contributed by atoms with Gasteiger partial charge in [0.1, 0.15) is 5.75 Å². The summed E-state index contributed by atoms with van der Waals surface area (Å²) in [5, 5.41) is 1.87. The summed E-state index contributed by atoms with van der Waals surface area (Å²) in [4.78, 5) is 11.2. The fourth-order valence-electron chi connectivity index (χ4n) is 2.18. The van der Waals surface area contributed by atoms with E-state index in [9.17, 15) is 26.4 Å². The first-order valence-corrected chi connectivity index (χ1v) is 9.68. The minimum absolute atomic E-state index is 0.198. The number of hydrogen-bond acceptors (Lipinski definition) is 4. The van der Waals surface area contributed by atoms with Crippen LogP contribution < -0.4 is 14.8 Å². The van der Waals surface area contributed by atoms with Crippen molar-refractivity contribution in [1.82, 2.24) is 5.32 Å². The molecule has 0 aliphatic carbocycles. The maximum Gasteiger partial charge on any atom is 0.417 e. The highest BCUT2D eigenvalue weighted by atomic mass is 35.5. The molecule has 0 bridgehead atoms. The van der Waals surface area contributed by atoms with Gasteiger partial charge in [0.2, 0.25) is 0 Å². The van der Waals surface area contributed by atoms with E-state index in [0.29, 0.717) is 6.07 Å². The van der Waals surface area contributed by atoms with Crippen molar-refractivity contribution < 1.29 is 31.1 Å². The van der Waals surface area contributed by atoms with Crippen molar-refractivity contribution in [2.75, 3.05) is 11.8 Å². The van der Waals surface area contributed by atoms with Gasteiger partial charge < -0.3 is 10.1 Å². The average molecular weight is 437 g/mol. The van der Waals surface area contributed by atoms with Crippen LogP contribution in [0.15, 0.2) is 47.4 Å². The number of likely N-dealkylation sites (N-methyl/N-ethyl adjacent to an activating group) is 1. The second-order valence-corrected chi connectivity index (χ2v) is 7.73. The number of sulfonamides is 1. The molecule has 2 rings (SSSR count). The number of benzene rings is 2. The first-order valence-electron chi connectivity index (χ1n) is 7.82. The van der Waals surface area contributed by atoms with Gasteiger partial charge in [-0.05, 0) is 49.4 Å². The lowest BCUT2D eigenvalue weighted by Gasteiger charge is -2.14. The number of carbonyl (C=O) groups is 1. The fraction of sp³-hybridized carbons (Fsp3) is 0.235.